The van der Waals surface area contributed by atoms with Crippen LogP contribution >= 0.6 is 0 Å². The highest BCUT2D eigenvalue weighted by Crippen LogP contribution is 2.38. The average molecular weight is 540 g/mol. The van der Waals surface area contributed by atoms with Gasteiger partial charge in [0.15, 0.2) is 0 Å². The molecule has 2 aromatic heterocycles. The minimum atomic E-state index is -4.41. The number of unbranched alkanes of at least 4 members (excludes halogenated alkanes) is 1. The van der Waals surface area contributed by atoms with Crippen LogP contribution in [0.2, 0.25) is 0 Å². The molecule has 2 heterocycles. The molecule has 0 unspecified atom stereocenters. The molecule has 3 N–H and O–H groups in total. The molecule has 0 saturated carbocycles. The number of nitrogens with one attached hydrogen (secondary N) is 1. The van der Waals surface area contributed by atoms with Gasteiger partial charge < -0.3 is 20.2 Å². The van der Waals surface area contributed by atoms with E-state index in [4.69, 9.17) is 14.9 Å². The van der Waals surface area contributed by atoms with Gasteiger partial charge >= 0.3 is 6.18 Å². The van der Waals surface area contributed by atoms with E-state index in [1.807, 2.05) is 0 Å². The number of aromatic nitrogens is 1. The number of hydrogen-bond acceptors (Lipinski definition) is 5. The van der Waals surface area contributed by atoms with E-state index in [0.29, 0.717) is 34.4 Å². The van der Waals surface area contributed by atoms with Crippen LogP contribution in [-0.4, -0.2) is 36.6 Å². The van der Waals surface area contributed by atoms with Gasteiger partial charge in [0.1, 0.15) is 11.5 Å². The molecule has 4 rings (SSSR count). The molecule has 0 spiro atoms. The van der Waals surface area contributed by atoms with Crippen LogP contribution in [0.5, 0.6) is 5.75 Å². The number of halogens is 3. The second kappa shape index (κ2) is 11.6. The molecular formula is C29H28F3N3O4. The Morgan fingerprint density at radius 1 is 1.08 bits per heavy atom. The standard InChI is InChI=1S/C29H28F3N3O4/c1-3-4-14-38-20-10-8-17(9-11-20)25-24(27(37)34-2)22-16-21(18-6-5-7-19(15-18)26(33)36)23(35-28(22)39-25)12-13-29(30,31)32/h5-11,15-16H,3-4,12-14H2,1-2H3,(H2,33,36)(H,34,37). The second-order valence-corrected chi connectivity index (χ2v) is 9.01. The fraction of sp³-hybridized carbons (Fsp3) is 0.276. The van der Waals surface area contributed by atoms with Gasteiger partial charge in [0.05, 0.1) is 23.3 Å². The van der Waals surface area contributed by atoms with E-state index in [2.05, 4.69) is 17.2 Å². The van der Waals surface area contributed by atoms with E-state index in [0.717, 1.165) is 12.8 Å². The fourth-order valence-corrected chi connectivity index (χ4v) is 4.19. The number of carbonyl (C=O) groups excluding carboxylic acids is 2. The van der Waals surface area contributed by atoms with Crippen molar-refractivity contribution in [3.63, 3.8) is 0 Å². The van der Waals surface area contributed by atoms with Gasteiger partial charge in [-0.15, -0.1) is 0 Å². The molecule has 0 aliphatic heterocycles. The molecule has 0 atom stereocenters. The largest absolute Gasteiger partial charge is 0.494 e. The van der Waals surface area contributed by atoms with Gasteiger partial charge in [0.25, 0.3) is 5.91 Å². The third-order valence-corrected chi connectivity index (χ3v) is 6.20. The van der Waals surface area contributed by atoms with Gasteiger partial charge in [-0.3, -0.25) is 9.59 Å². The lowest BCUT2D eigenvalue weighted by Crippen LogP contribution is -2.18. The zero-order valence-corrected chi connectivity index (χ0v) is 21.5. The predicted molar refractivity (Wildman–Crippen MR) is 142 cm³/mol. The van der Waals surface area contributed by atoms with Crippen molar-refractivity contribution in [2.24, 2.45) is 5.73 Å². The fourth-order valence-electron chi connectivity index (χ4n) is 4.19. The van der Waals surface area contributed by atoms with E-state index in [1.165, 1.54) is 19.2 Å². The Bertz CT molecular complexity index is 1490. The summed E-state index contributed by atoms with van der Waals surface area (Å²) < 4.78 is 51.2. The van der Waals surface area contributed by atoms with E-state index in [1.54, 1.807) is 42.5 Å². The van der Waals surface area contributed by atoms with Crippen molar-refractivity contribution in [3.8, 4) is 28.2 Å². The number of amides is 2. The van der Waals surface area contributed by atoms with Crippen LogP contribution in [0.3, 0.4) is 0 Å². The van der Waals surface area contributed by atoms with Crippen LogP contribution in [0.25, 0.3) is 33.6 Å². The highest BCUT2D eigenvalue weighted by Gasteiger charge is 2.29. The topological polar surface area (TPSA) is 107 Å². The van der Waals surface area contributed by atoms with Crippen LogP contribution in [0.4, 0.5) is 13.2 Å². The molecule has 10 heteroatoms. The van der Waals surface area contributed by atoms with Gasteiger partial charge in [-0.25, -0.2) is 4.98 Å². The number of rotatable bonds is 10. The summed E-state index contributed by atoms with van der Waals surface area (Å²) in [6, 6.07) is 14.8. The monoisotopic (exact) mass is 539 g/mol. The first-order valence-electron chi connectivity index (χ1n) is 12.5. The predicted octanol–water partition coefficient (Wildman–Crippen LogP) is 6.29. The number of alkyl halides is 3. The van der Waals surface area contributed by atoms with E-state index < -0.39 is 30.8 Å². The van der Waals surface area contributed by atoms with Crippen molar-refractivity contribution in [2.45, 2.75) is 38.8 Å². The summed E-state index contributed by atoms with van der Waals surface area (Å²) in [6.45, 7) is 2.64. The lowest BCUT2D eigenvalue weighted by atomic mass is 9.96. The maximum atomic E-state index is 13.2. The third-order valence-electron chi connectivity index (χ3n) is 6.20. The Hall–Kier alpha value is -4.34. The van der Waals surface area contributed by atoms with Gasteiger partial charge in [-0.05, 0) is 60.9 Å². The Balaban J connectivity index is 1.88. The molecule has 0 aliphatic rings. The average Bonchev–Trinajstić information content (AvgIpc) is 3.29. The van der Waals surface area contributed by atoms with Crippen LogP contribution in [0, 0.1) is 0 Å². The van der Waals surface area contributed by atoms with Gasteiger partial charge in [0, 0.05) is 30.2 Å². The van der Waals surface area contributed by atoms with Crippen molar-refractivity contribution >= 4 is 22.9 Å². The normalized spacial score (nSPS) is 11.5. The zero-order chi connectivity index (χ0) is 28.2. The van der Waals surface area contributed by atoms with Gasteiger partial charge in [0.2, 0.25) is 11.6 Å². The maximum absolute atomic E-state index is 13.2. The van der Waals surface area contributed by atoms with E-state index >= 15 is 0 Å². The van der Waals surface area contributed by atoms with E-state index in [9.17, 15) is 22.8 Å². The Labute approximate surface area is 223 Å². The molecule has 2 aromatic carbocycles. The number of primary amides is 1. The molecule has 0 bridgehead atoms. The molecule has 7 nitrogen and oxygen atoms in total. The zero-order valence-electron chi connectivity index (χ0n) is 21.5. The molecule has 0 radical (unpaired) electrons. The van der Waals surface area contributed by atoms with Crippen molar-refractivity contribution in [1.82, 2.24) is 10.3 Å². The lowest BCUT2D eigenvalue weighted by Gasteiger charge is -2.12. The first-order chi connectivity index (χ1) is 18.6. The smallest absolute Gasteiger partial charge is 0.389 e. The summed E-state index contributed by atoms with van der Waals surface area (Å²) in [5, 5.41) is 2.92. The molecule has 204 valence electrons. The summed E-state index contributed by atoms with van der Waals surface area (Å²) in [4.78, 5) is 29.2. The van der Waals surface area contributed by atoms with E-state index in [-0.39, 0.29) is 28.3 Å². The van der Waals surface area contributed by atoms with Crippen molar-refractivity contribution < 1.29 is 31.9 Å². The summed E-state index contributed by atoms with van der Waals surface area (Å²) in [7, 11) is 1.47. The molecule has 0 aliphatic carbocycles. The van der Waals surface area contributed by atoms with Crippen LogP contribution in [0.1, 0.15) is 52.6 Å². The maximum Gasteiger partial charge on any atom is 0.389 e. The van der Waals surface area contributed by atoms with Crippen LogP contribution in [0.15, 0.2) is 59.0 Å². The number of benzene rings is 2. The number of hydrogen-bond donors (Lipinski definition) is 2. The van der Waals surface area contributed by atoms with Crippen LogP contribution in [-0.2, 0) is 6.42 Å². The molecule has 2 amide bonds. The number of ether oxygens (including phenoxy) is 1. The van der Waals surface area contributed by atoms with Gasteiger partial charge in [-0.1, -0.05) is 25.5 Å². The first kappa shape index (κ1) is 27.7. The quantitative estimate of drug-likeness (QED) is 0.230. The number of carbonyl (C=O) groups is 2. The molecule has 0 saturated heterocycles. The Kier molecular flexibility index (Phi) is 8.23. The van der Waals surface area contributed by atoms with Crippen molar-refractivity contribution in [3.05, 3.63) is 71.4 Å². The number of pyridine rings is 1. The molecule has 39 heavy (non-hydrogen) atoms. The SMILES string of the molecule is CCCCOc1ccc(-c2oc3nc(CCC(F)(F)F)c(-c4cccc(C(N)=O)c4)cc3c2C(=O)NC)cc1. The van der Waals surface area contributed by atoms with Crippen molar-refractivity contribution in [2.75, 3.05) is 13.7 Å². The summed E-state index contributed by atoms with van der Waals surface area (Å²) in [5.41, 5.74) is 7.29. The highest BCUT2D eigenvalue weighted by molar-refractivity contribution is 6.11. The minimum absolute atomic E-state index is 0.0267. The summed E-state index contributed by atoms with van der Waals surface area (Å²) in [5.74, 6) is -0.244. The summed E-state index contributed by atoms with van der Waals surface area (Å²) >= 11 is 0. The number of furan rings is 1. The number of nitrogens with zero attached hydrogens (tertiary/aromatic N) is 1. The molecule has 0 fully saturated rings. The van der Waals surface area contributed by atoms with Crippen molar-refractivity contribution in [1.29, 1.82) is 0 Å². The number of aryl methyl sites for hydroxylation is 1. The Morgan fingerprint density at radius 3 is 2.46 bits per heavy atom. The van der Waals surface area contributed by atoms with Gasteiger partial charge in [-0.2, -0.15) is 13.2 Å². The molecule has 4 aromatic rings. The number of fused-ring (bicyclic) bond motifs is 1. The lowest BCUT2D eigenvalue weighted by molar-refractivity contribution is -0.134. The van der Waals surface area contributed by atoms with Crippen LogP contribution < -0.4 is 15.8 Å². The third kappa shape index (κ3) is 6.39. The second-order valence-electron chi connectivity index (χ2n) is 9.01. The summed E-state index contributed by atoms with van der Waals surface area (Å²) in [6.07, 6.45) is -4.03. The first-order valence-corrected chi connectivity index (χ1v) is 12.5. The minimum Gasteiger partial charge on any atom is -0.494 e. The molecular weight excluding hydrogens is 511 g/mol. The number of nitrogens with two attached hydrogens (primary N) is 1. The highest BCUT2D eigenvalue weighted by atomic mass is 19.4. The Morgan fingerprint density at radius 2 is 1.82 bits per heavy atom.